The minimum Gasteiger partial charge on any atom is -0.388 e. The zero-order chi connectivity index (χ0) is 35.4. The molecule has 3 fully saturated rings. The van der Waals surface area contributed by atoms with Gasteiger partial charge in [-0.05, 0) is 55.4 Å². The van der Waals surface area contributed by atoms with Gasteiger partial charge < -0.3 is 40.6 Å². The SMILES string of the molecule is CC(C)C[C@H]1NC(=O)[C@H]2CCCN2C(=O)[C@@H](Cc2c[nH]c3ccccc23)NC(=O)CN(C(=O)c2ccccc2)C[C@H]2OCC[C@H](NC1=O)[C@@H]2O. The van der Waals surface area contributed by atoms with Crippen molar-refractivity contribution in [3.8, 4) is 0 Å². The molecule has 5 amide bonds. The number of aromatic nitrogens is 1. The van der Waals surface area contributed by atoms with Gasteiger partial charge in [-0.2, -0.15) is 0 Å². The molecule has 2 bridgehead atoms. The number of rotatable bonds is 5. The maximum Gasteiger partial charge on any atom is 0.254 e. The molecule has 3 aliphatic heterocycles. The Bertz CT molecular complexity index is 1710. The fraction of sp³-hybridized carbons (Fsp3) is 0.486. The summed E-state index contributed by atoms with van der Waals surface area (Å²) in [6.45, 7) is 3.84. The van der Waals surface area contributed by atoms with Gasteiger partial charge in [-0.15, -0.1) is 0 Å². The van der Waals surface area contributed by atoms with Gasteiger partial charge in [0.2, 0.25) is 23.6 Å². The van der Waals surface area contributed by atoms with Crippen molar-refractivity contribution in [2.75, 3.05) is 26.2 Å². The summed E-state index contributed by atoms with van der Waals surface area (Å²) in [4.78, 5) is 75.7. The topological polar surface area (TPSA) is 173 Å². The van der Waals surface area contributed by atoms with Gasteiger partial charge in [-0.25, -0.2) is 0 Å². The number of nitrogens with zero attached hydrogens (tertiary/aromatic N) is 2. The smallest absolute Gasteiger partial charge is 0.254 e. The Morgan fingerprint density at radius 3 is 2.48 bits per heavy atom. The third kappa shape index (κ3) is 7.84. The molecule has 3 aromatic rings. The first-order valence-electron chi connectivity index (χ1n) is 17.5. The van der Waals surface area contributed by atoms with Crippen LogP contribution in [-0.4, -0.2) is 112 Å². The predicted octanol–water partition coefficient (Wildman–Crippen LogP) is 1.51. The van der Waals surface area contributed by atoms with E-state index in [2.05, 4.69) is 20.9 Å². The number of carbonyl (C=O) groups excluding carboxylic acids is 5. The number of hydrogen-bond donors (Lipinski definition) is 5. The maximum atomic E-state index is 14.4. The lowest BCUT2D eigenvalue weighted by atomic mass is 9.97. The molecule has 2 aromatic carbocycles. The summed E-state index contributed by atoms with van der Waals surface area (Å²) in [5.41, 5.74) is 2.03. The van der Waals surface area contributed by atoms with E-state index in [0.717, 1.165) is 16.5 Å². The van der Waals surface area contributed by atoms with Crippen molar-refractivity contribution >= 4 is 40.4 Å². The Balaban J connectivity index is 1.37. The summed E-state index contributed by atoms with van der Waals surface area (Å²) in [5.74, 6) is -2.28. The number of H-pyrrole nitrogens is 1. The first kappa shape index (κ1) is 35.1. The summed E-state index contributed by atoms with van der Waals surface area (Å²) in [6, 6.07) is 12.6. The van der Waals surface area contributed by atoms with Crippen LogP contribution in [-0.2, 0) is 30.3 Å². The maximum absolute atomic E-state index is 14.4. The van der Waals surface area contributed by atoms with E-state index in [1.807, 2.05) is 38.1 Å². The van der Waals surface area contributed by atoms with Crippen LogP contribution in [0, 0.1) is 5.92 Å². The summed E-state index contributed by atoms with van der Waals surface area (Å²) < 4.78 is 5.92. The van der Waals surface area contributed by atoms with Crippen LogP contribution in [0.3, 0.4) is 0 Å². The van der Waals surface area contributed by atoms with E-state index >= 15 is 0 Å². The third-order valence-corrected chi connectivity index (χ3v) is 9.84. The molecule has 4 heterocycles. The van der Waals surface area contributed by atoms with E-state index < -0.39 is 72.5 Å². The Morgan fingerprint density at radius 2 is 1.70 bits per heavy atom. The number of hydrogen-bond acceptors (Lipinski definition) is 7. The van der Waals surface area contributed by atoms with Crippen molar-refractivity contribution in [2.24, 2.45) is 5.92 Å². The second-order valence-corrected chi connectivity index (χ2v) is 13.9. The lowest BCUT2D eigenvalue weighted by Gasteiger charge is -2.38. The Labute approximate surface area is 291 Å². The van der Waals surface area contributed by atoms with Crippen LogP contribution in [0.2, 0.25) is 0 Å². The first-order chi connectivity index (χ1) is 24.1. The van der Waals surface area contributed by atoms with Gasteiger partial charge in [0, 0.05) is 42.2 Å². The van der Waals surface area contributed by atoms with E-state index in [4.69, 9.17) is 4.74 Å². The molecule has 3 aliphatic rings. The highest BCUT2D eigenvalue weighted by atomic mass is 16.5. The number of aliphatic hydroxyl groups excluding tert-OH is 1. The number of benzene rings is 2. The molecule has 13 heteroatoms. The third-order valence-electron chi connectivity index (χ3n) is 9.84. The quantitative estimate of drug-likeness (QED) is 0.271. The van der Waals surface area contributed by atoms with E-state index in [1.165, 1.54) is 9.80 Å². The Kier molecular flexibility index (Phi) is 10.8. The standard InChI is InChI=1S/C37H46N6O7/c1-22(2)17-28-34(46)40-27-14-16-50-31(33(27)45)20-42(36(48)23-9-4-3-5-10-23)21-32(44)39-29(18-24-19-38-26-12-7-6-11-25(24)26)37(49)43-15-8-13-30(43)35(47)41-28/h3-7,9-12,19,22,27-31,33,38,45H,8,13-18,20-21H2,1-2H3,(H,39,44)(H,40,46)(H,41,47)/t27-,28+,29+,30+,31+,33-/m0/s1. The first-order valence-corrected chi connectivity index (χ1v) is 17.5. The monoisotopic (exact) mass is 686 g/mol. The number of aromatic amines is 1. The minimum atomic E-state index is -1.20. The van der Waals surface area contributed by atoms with Crippen LogP contribution >= 0.6 is 0 Å². The summed E-state index contributed by atoms with van der Waals surface area (Å²) in [6.07, 6.45) is 1.47. The highest BCUT2D eigenvalue weighted by molar-refractivity contribution is 5.98. The molecular weight excluding hydrogens is 640 g/mol. The average molecular weight is 687 g/mol. The number of aliphatic hydroxyl groups is 1. The van der Waals surface area contributed by atoms with Crippen LogP contribution in [0.25, 0.3) is 10.9 Å². The summed E-state index contributed by atoms with van der Waals surface area (Å²) >= 11 is 0. The number of para-hydroxylation sites is 1. The molecule has 0 radical (unpaired) electrons. The number of fused-ring (bicyclic) bond motifs is 4. The van der Waals surface area contributed by atoms with Gasteiger partial charge in [0.1, 0.15) is 30.3 Å². The average Bonchev–Trinajstić information content (AvgIpc) is 3.76. The normalized spacial score (nSPS) is 27.0. The predicted molar refractivity (Wildman–Crippen MR) is 185 cm³/mol. The zero-order valence-corrected chi connectivity index (χ0v) is 28.5. The van der Waals surface area contributed by atoms with Crippen molar-refractivity contribution in [3.63, 3.8) is 0 Å². The molecule has 0 unspecified atom stereocenters. The van der Waals surface area contributed by atoms with Crippen molar-refractivity contribution in [2.45, 2.75) is 82.3 Å². The van der Waals surface area contributed by atoms with Crippen LogP contribution in [0.1, 0.15) is 55.5 Å². The summed E-state index contributed by atoms with van der Waals surface area (Å²) in [7, 11) is 0. The molecule has 13 nitrogen and oxygen atoms in total. The molecule has 0 saturated carbocycles. The zero-order valence-electron chi connectivity index (χ0n) is 28.5. The van der Waals surface area contributed by atoms with E-state index in [1.54, 1.807) is 36.5 Å². The summed E-state index contributed by atoms with van der Waals surface area (Å²) in [5, 5.41) is 21.0. The lowest BCUT2D eigenvalue weighted by Crippen LogP contribution is -2.60. The molecule has 5 N–H and O–H groups in total. The van der Waals surface area contributed by atoms with Crippen molar-refractivity contribution in [3.05, 3.63) is 71.9 Å². The van der Waals surface area contributed by atoms with Crippen LogP contribution in [0.5, 0.6) is 0 Å². The molecule has 3 saturated heterocycles. The molecule has 6 rings (SSSR count). The molecule has 266 valence electrons. The molecule has 0 aliphatic carbocycles. The van der Waals surface area contributed by atoms with Gasteiger partial charge in [0.05, 0.1) is 19.1 Å². The molecule has 1 aromatic heterocycles. The Morgan fingerprint density at radius 1 is 0.940 bits per heavy atom. The second kappa shape index (κ2) is 15.4. The van der Waals surface area contributed by atoms with Gasteiger partial charge in [-0.1, -0.05) is 50.2 Å². The lowest BCUT2D eigenvalue weighted by molar-refractivity contribution is -0.142. The number of ether oxygens (including phenoxy) is 1. The fourth-order valence-corrected chi connectivity index (χ4v) is 7.28. The molecule has 0 spiro atoms. The van der Waals surface area contributed by atoms with Gasteiger partial charge in [0.15, 0.2) is 0 Å². The minimum absolute atomic E-state index is 0.0576. The Hall–Kier alpha value is -4.75. The van der Waals surface area contributed by atoms with E-state index in [0.29, 0.717) is 37.8 Å². The second-order valence-electron chi connectivity index (χ2n) is 13.9. The number of carbonyl (C=O) groups is 5. The van der Waals surface area contributed by atoms with E-state index in [9.17, 15) is 29.1 Å². The van der Waals surface area contributed by atoms with Crippen LogP contribution in [0.4, 0.5) is 0 Å². The molecule has 50 heavy (non-hydrogen) atoms. The van der Waals surface area contributed by atoms with Crippen molar-refractivity contribution in [1.29, 1.82) is 0 Å². The van der Waals surface area contributed by atoms with E-state index in [-0.39, 0.29) is 25.5 Å². The molecule has 6 atom stereocenters. The van der Waals surface area contributed by atoms with Gasteiger partial charge >= 0.3 is 0 Å². The number of amides is 5. The number of nitrogens with one attached hydrogen (secondary N) is 4. The van der Waals surface area contributed by atoms with Gasteiger partial charge in [0.25, 0.3) is 5.91 Å². The largest absolute Gasteiger partial charge is 0.388 e. The highest BCUT2D eigenvalue weighted by Gasteiger charge is 2.41. The van der Waals surface area contributed by atoms with Crippen molar-refractivity contribution < 1.29 is 33.8 Å². The highest BCUT2D eigenvalue weighted by Crippen LogP contribution is 2.24. The molecular formula is C37H46N6O7. The van der Waals surface area contributed by atoms with Crippen molar-refractivity contribution in [1.82, 2.24) is 30.7 Å². The van der Waals surface area contributed by atoms with Gasteiger partial charge in [-0.3, -0.25) is 24.0 Å². The van der Waals surface area contributed by atoms with Crippen LogP contribution < -0.4 is 16.0 Å². The van der Waals surface area contributed by atoms with Crippen LogP contribution in [0.15, 0.2) is 60.8 Å². The fourth-order valence-electron chi connectivity index (χ4n) is 7.28.